The van der Waals surface area contributed by atoms with Crippen LogP contribution in [0.2, 0.25) is 0 Å². The molecule has 3 aromatic heterocycles. The summed E-state index contributed by atoms with van der Waals surface area (Å²) in [5.41, 5.74) is 2.67. The Morgan fingerprint density at radius 3 is 2.59 bits per heavy atom. The zero-order valence-corrected chi connectivity index (χ0v) is 19.0. The zero-order chi connectivity index (χ0) is 23.8. The van der Waals surface area contributed by atoms with Crippen LogP contribution in [0.5, 0.6) is 0 Å². The Balaban J connectivity index is 1.56. The van der Waals surface area contributed by atoms with Gasteiger partial charge in [0.25, 0.3) is 0 Å². The van der Waals surface area contributed by atoms with E-state index in [1.165, 1.54) is 23.5 Å². The molecule has 176 valence electrons. The summed E-state index contributed by atoms with van der Waals surface area (Å²) in [6.45, 7) is 1.60. The van der Waals surface area contributed by atoms with E-state index in [2.05, 4.69) is 30.6 Å². The van der Waals surface area contributed by atoms with Crippen LogP contribution in [0.15, 0.2) is 42.7 Å². The minimum atomic E-state index is -1.08. The molecule has 1 aliphatic rings. The number of benzene rings is 1. The van der Waals surface area contributed by atoms with E-state index >= 15 is 0 Å². The minimum Gasteiger partial charge on any atom is -0.396 e. The second kappa shape index (κ2) is 9.18. The molecule has 11 heteroatoms. The van der Waals surface area contributed by atoms with E-state index in [9.17, 15) is 19.7 Å². The third-order valence-corrected chi connectivity index (χ3v) is 7.01. The number of anilines is 3. The molecule has 0 unspecified atom stereocenters. The van der Waals surface area contributed by atoms with E-state index in [1.807, 2.05) is 13.0 Å². The Morgan fingerprint density at radius 2 is 1.88 bits per heavy atom. The van der Waals surface area contributed by atoms with Gasteiger partial charge in [0, 0.05) is 24.4 Å². The molecule has 0 aliphatic heterocycles. The highest BCUT2D eigenvalue weighted by atomic mass is 32.1. The van der Waals surface area contributed by atoms with Crippen molar-refractivity contribution in [3.8, 4) is 10.6 Å². The van der Waals surface area contributed by atoms with Crippen LogP contribution in [0.3, 0.4) is 0 Å². The van der Waals surface area contributed by atoms with Gasteiger partial charge in [-0.1, -0.05) is 0 Å². The third kappa shape index (κ3) is 4.30. The molecule has 0 radical (unpaired) electrons. The molecule has 1 fully saturated rings. The molecule has 1 aliphatic carbocycles. The van der Waals surface area contributed by atoms with Gasteiger partial charge in [-0.15, -0.1) is 11.3 Å². The summed E-state index contributed by atoms with van der Waals surface area (Å²) in [4.78, 5) is 18.0. The van der Waals surface area contributed by atoms with E-state index in [0.29, 0.717) is 34.2 Å². The van der Waals surface area contributed by atoms with Crippen molar-refractivity contribution >= 4 is 39.0 Å². The highest BCUT2D eigenvalue weighted by Gasteiger charge is 2.41. The molecule has 0 saturated heterocycles. The van der Waals surface area contributed by atoms with Gasteiger partial charge in [0.2, 0.25) is 5.95 Å². The van der Waals surface area contributed by atoms with Crippen molar-refractivity contribution < 1.29 is 19.7 Å². The number of rotatable bonds is 6. The van der Waals surface area contributed by atoms with Crippen molar-refractivity contribution in [2.45, 2.75) is 31.6 Å². The molecule has 5 N–H and O–H groups in total. The Morgan fingerprint density at radius 1 is 1.09 bits per heavy atom. The first-order valence-electron chi connectivity index (χ1n) is 10.8. The number of aryl methyl sites for hydroxylation is 1. The highest BCUT2D eigenvalue weighted by molar-refractivity contribution is 7.21. The summed E-state index contributed by atoms with van der Waals surface area (Å²) in [6, 6.07) is 7.19. The number of hydrogen-bond acceptors (Lipinski definition) is 10. The topological polar surface area (TPSA) is 136 Å². The molecule has 4 atom stereocenters. The lowest BCUT2D eigenvalue weighted by Gasteiger charge is -2.21. The molecule has 0 bridgehead atoms. The predicted octanol–water partition coefficient (Wildman–Crippen LogP) is 2.85. The number of halogens is 1. The monoisotopic (exact) mass is 482 g/mol. The van der Waals surface area contributed by atoms with Gasteiger partial charge in [0.05, 0.1) is 34.3 Å². The van der Waals surface area contributed by atoms with E-state index in [0.717, 1.165) is 10.2 Å². The van der Waals surface area contributed by atoms with Crippen molar-refractivity contribution in [1.29, 1.82) is 0 Å². The molecule has 3 heterocycles. The standard InChI is InChI=1S/C23H23FN6O3S/c1-11-18(22-29-16-9-25-7-6-17(16)34-22)21(28-15-8-12(10-31)19(32)20(15)33)30-23(26-11)27-14-4-2-13(24)3-5-14/h2-7,9,12,15,19-20,31-33H,8,10H2,1H3,(H2,26,27,28,30)/t12-,15-,19-,20+/m1/s1. The lowest BCUT2D eigenvalue weighted by molar-refractivity contribution is 0.00446. The Labute approximate surface area is 198 Å². The largest absolute Gasteiger partial charge is 0.396 e. The Hall–Kier alpha value is -3.25. The van der Waals surface area contributed by atoms with Crippen molar-refractivity contribution in [3.63, 3.8) is 0 Å². The quantitative estimate of drug-likeness (QED) is 0.281. The maximum absolute atomic E-state index is 13.3. The number of pyridine rings is 1. The van der Waals surface area contributed by atoms with Crippen molar-refractivity contribution in [2.75, 3.05) is 17.2 Å². The number of nitrogens with one attached hydrogen (secondary N) is 2. The molecule has 0 spiro atoms. The maximum atomic E-state index is 13.3. The molecule has 4 aromatic rings. The summed E-state index contributed by atoms with van der Waals surface area (Å²) >= 11 is 1.47. The maximum Gasteiger partial charge on any atom is 0.229 e. The lowest BCUT2D eigenvalue weighted by atomic mass is 10.1. The predicted molar refractivity (Wildman–Crippen MR) is 127 cm³/mol. The second-order valence-corrected chi connectivity index (χ2v) is 9.29. The summed E-state index contributed by atoms with van der Waals surface area (Å²) in [5.74, 6) is -0.0778. The third-order valence-electron chi connectivity index (χ3n) is 5.95. The molecule has 9 nitrogen and oxygen atoms in total. The fourth-order valence-electron chi connectivity index (χ4n) is 4.16. The summed E-state index contributed by atoms with van der Waals surface area (Å²) < 4.78 is 14.3. The van der Waals surface area contributed by atoms with Crippen LogP contribution in [-0.4, -0.2) is 60.1 Å². The van der Waals surface area contributed by atoms with Gasteiger partial charge < -0.3 is 26.0 Å². The molecular weight excluding hydrogens is 459 g/mol. The van der Waals surface area contributed by atoms with Crippen LogP contribution in [-0.2, 0) is 0 Å². The van der Waals surface area contributed by atoms with Crippen LogP contribution >= 0.6 is 11.3 Å². The summed E-state index contributed by atoms with van der Waals surface area (Å²) in [6.07, 6.45) is 1.64. The van der Waals surface area contributed by atoms with Crippen molar-refractivity contribution in [1.82, 2.24) is 19.9 Å². The zero-order valence-electron chi connectivity index (χ0n) is 18.2. The minimum absolute atomic E-state index is 0.228. The van der Waals surface area contributed by atoms with Crippen molar-refractivity contribution in [3.05, 3.63) is 54.2 Å². The number of hydrogen-bond donors (Lipinski definition) is 5. The summed E-state index contributed by atoms with van der Waals surface area (Å²) in [7, 11) is 0. The van der Waals surface area contributed by atoms with Gasteiger partial charge in [0.15, 0.2) is 0 Å². The van der Waals surface area contributed by atoms with Crippen LogP contribution < -0.4 is 10.6 Å². The second-order valence-electron chi connectivity index (χ2n) is 8.26. The fraction of sp³-hybridized carbons (Fsp3) is 0.304. The molecule has 1 aromatic carbocycles. The van der Waals surface area contributed by atoms with Crippen molar-refractivity contribution in [2.24, 2.45) is 5.92 Å². The first-order valence-corrected chi connectivity index (χ1v) is 11.6. The van der Waals surface area contributed by atoms with Crippen LogP contribution in [0.1, 0.15) is 12.1 Å². The average Bonchev–Trinajstić information content (AvgIpc) is 3.36. The molecular formula is C23H23FN6O3S. The number of aromatic nitrogens is 4. The van der Waals surface area contributed by atoms with Gasteiger partial charge in [-0.2, -0.15) is 4.98 Å². The number of nitrogens with zero attached hydrogens (tertiary/aromatic N) is 4. The molecule has 0 amide bonds. The van der Waals surface area contributed by atoms with E-state index in [-0.39, 0.29) is 18.4 Å². The average molecular weight is 483 g/mol. The smallest absolute Gasteiger partial charge is 0.229 e. The van der Waals surface area contributed by atoms with Gasteiger partial charge in [-0.25, -0.2) is 14.4 Å². The van der Waals surface area contributed by atoms with E-state index < -0.39 is 24.2 Å². The lowest BCUT2D eigenvalue weighted by Crippen LogP contribution is -2.35. The Kier molecular flexibility index (Phi) is 6.09. The number of thiazole rings is 1. The fourth-order valence-corrected chi connectivity index (χ4v) is 5.19. The van der Waals surface area contributed by atoms with E-state index in [4.69, 9.17) is 0 Å². The van der Waals surface area contributed by atoms with Gasteiger partial charge in [-0.3, -0.25) is 4.98 Å². The number of aliphatic hydroxyl groups excluding tert-OH is 3. The van der Waals surface area contributed by atoms with Gasteiger partial charge in [0.1, 0.15) is 28.3 Å². The molecule has 1 saturated carbocycles. The van der Waals surface area contributed by atoms with Gasteiger partial charge in [-0.05, 0) is 43.7 Å². The molecule has 5 rings (SSSR count). The Bertz CT molecular complexity index is 1290. The van der Waals surface area contributed by atoms with Crippen LogP contribution in [0.4, 0.5) is 21.8 Å². The number of fused-ring (bicyclic) bond motifs is 1. The highest BCUT2D eigenvalue weighted by Crippen LogP contribution is 2.38. The van der Waals surface area contributed by atoms with Crippen LogP contribution in [0, 0.1) is 18.7 Å². The van der Waals surface area contributed by atoms with Crippen LogP contribution in [0.25, 0.3) is 20.8 Å². The first-order chi connectivity index (χ1) is 16.4. The normalized spacial score (nSPS) is 22.3. The first kappa shape index (κ1) is 22.5. The summed E-state index contributed by atoms with van der Waals surface area (Å²) in [5, 5.41) is 37.4. The SMILES string of the molecule is Cc1nc(Nc2ccc(F)cc2)nc(N[C@@H]2C[C@H](CO)[C@@H](O)[C@H]2O)c1-c1nc2cnccc2s1. The van der Waals surface area contributed by atoms with Gasteiger partial charge >= 0.3 is 0 Å². The molecule has 34 heavy (non-hydrogen) atoms. The van der Waals surface area contributed by atoms with E-state index in [1.54, 1.807) is 24.5 Å². The number of aliphatic hydroxyl groups is 3.